The van der Waals surface area contributed by atoms with E-state index in [1.165, 1.54) is 5.57 Å². The van der Waals surface area contributed by atoms with E-state index in [-0.39, 0.29) is 11.3 Å². The Kier molecular flexibility index (Phi) is 8.40. The van der Waals surface area contributed by atoms with Crippen LogP contribution in [0.25, 0.3) is 27.7 Å². The van der Waals surface area contributed by atoms with Crippen molar-refractivity contribution in [3.63, 3.8) is 0 Å². The molecule has 8 nitrogen and oxygen atoms in total. The number of anilines is 1. The minimum atomic E-state index is -3.93. The summed E-state index contributed by atoms with van der Waals surface area (Å²) in [6.45, 7) is 8.75. The maximum absolute atomic E-state index is 13.0. The molecule has 0 unspecified atom stereocenters. The molecular weight excluding hydrogens is 504 g/mol. The Labute approximate surface area is 224 Å². The molecule has 0 radical (unpaired) electrons. The fourth-order valence-electron chi connectivity index (χ4n) is 5.18. The quantitative estimate of drug-likeness (QED) is 0.160. The lowest BCUT2D eigenvalue weighted by Crippen LogP contribution is -2.45. The molecule has 0 saturated heterocycles. The number of methoxy groups -OCH3 is 1. The normalized spacial score (nSPS) is 15.0. The highest BCUT2D eigenvalue weighted by Gasteiger charge is 2.31. The van der Waals surface area contributed by atoms with Gasteiger partial charge in [-0.3, -0.25) is 4.55 Å². The average Bonchev–Trinajstić information content (AvgIpc) is 2.84. The molecule has 0 bridgehead atoms. The Balaban J connectivity index is 1.60. The second-order valence-electron chi connectivity index (χ2n) is 10.5. The van der Waals surface area contributed by atoms with Gasteiger partial charge in [0.2, 0.25) is 0 Å². The number of unbranched alkanes of at least 4 members (excludes halogenated alkanes) is 2. The van der Waals surface area contributed by atoms with Crippen molar-refractivity contribution in [1.82, 2.24) is 0 Å². The SMILES string of the molecule is COCCCCN1c2cc3oc(=O)c(-c4cc[n+](CCCCS(=O)(=O)O)cc4)cc3cc2C(C)=CC1(C)C. The fraction of sp³-hybridized carbons (Fsp3) is 0.448. The van der Waals surface area contributed by atoms with Crippen molar-refractivity contribution in [3.05, 3.63) is 64.8 Å². The van der Waals surface area contributed by atoms with Gasteiger partial charge in [0, 0.05) is 67.1 Å². The average molecular weight is 542 g/mol. The zero-order chi connectivity index (χ0) is 27.5. The molecule has 3 aromatic rings. The molecular formula is C29H37N2O6S+. The van der Waals surface area contributed by atoms with Gasteiger partial charge in [-0.1, -0.05) is 6.08 Å². The van der Waals surface area contributed by atoms with Crippen LogP contribution in [0.15, 0.2) is 58.0 Å². The summed E-state index contributed by atoms with van der Waals surface area (Å²) in [5.74, 6) is -0.245. The third-order valence-electron chi connectivity index (χ3n) is 7.08. The van der Waals surface area contributed by atoms with E-state index >= 15 is 0 Å². The van der Waals surface area contributed by atoms with Gasteiger partial charge in [-0.15, -0.1) is 0 Å². The zero-order valence-electron chi connectivity index (χ0n) is 22.6. The lowest BCUT2D eigenvalue weighted by Gasteiger charge is -2.43. The third-order valence-corrected chi connectivity index (χ3v) is 7.89. The third kappa shape index (κ3) is 6.51. The van der Waals surface area contributed by atoms with Crippen LogP contribution in [0.3, 0.4) is 0 Å². The van der Waals surface area contributed by atoms with Gasteiger partial charge in [0.05, 0.1) is 16.9 Å². The number of benzene rings is 1. The number of ether oxygens (including phenoxy) is 1. The van der Waals surface area contributed by atoms with E-state index in [4.69, 9.17) is 13.7 Å². The minimum Gasteiger partial charge on any atom is -0.422 e. The Morgan fingerprint density at radius 1 is 1.05 bits per heavy atom. The van der Waals surface area contributed by atoms with E-state index in [0.717, 1.165) is 48.2 Å². The van der Waals surface area contributed by atoms with Gasteiger partial charge in [0.15, 0.2) is 12.4 Å². The summed E-state index contributed by atoms with van der Waals surface area (Å²) in [7, 11) is -2.21. The van der Waals surface area contributed by atoms with E-state index in [2.05, 4.69) is 37.8 Å². The second kappa shape index (κ2) is 11.4. The lowest BCUT2D eigenvalue weighted by atomic mass is 9.87. The number of aromatic nitrogens is 1. The predicted molar refractivity (Wildman–Crippen MR) is 150 cm³/mol. The Morgan fingerprint density at radius 2 is 1.76 bits per heavy atom. The Morgan fingerprint density at radius 3 is 2.45 bits per heavy atom. The van der Waals surface area contributed by atoms with Crippen molar-refractivity contribution in [2.45, 2.75) is 58.5 Å². The number of allylic oxidation sites excluding steroid dienone is 1. The van der Waals surface area contributed by atoms with Crippen molar-refractivity contribution in [2.75, 3.05) is 30.9 Å². The van der Waals surface area contributed by atoms with Crippen LogP contribution in [0.5, 0.6) is 0 Å². The van der Waals surface area contributed by atoms with E-state index in [1.54, 1.807) is 7.11 Å². The van der Waals surface area contributed by atoms with Crippen LogP contribution in [-0.4, -0.2) is 44.5 Å². The van der Waals surface area contributed by atoms with E-state index < -0.39 is 15.7 Å². The number of hydrogen-bond donors (Lipinski definition) is 1. The number of nitrogens with zero attached hydrogens (tertiary/aromatic N) is 2. The summed E-state index contributed by atoms with van der Waals surface area (Å²) >= 11 is 0. The number of rotatable bonds is 11. The largest absolute Gasteiger partial charge is 0.422 e. The van der Waals surface area contributed by atoms with Crippen LogP contribution in [0.2, 0.25) is 0 Å². The second-order valence-corrected chi connectivity index (χ2v) is 12.1. The molecule has 0 atom stereocenters. The first-order chi connectivity index (χ1) is 18.0. The number of fused-ring (bicyclic) bond motifs is 2. The van der Waals surface area contributed by atoms with Crippen LogP contribution < -0.4 is 15.1 Å². The number of pyridine rings is 1. The highest BCUT2D eigenvalue weighted by molar-refractivity contribution is 7.85. The van der Waals surface area contributed by atoms with Crippen LogP contribution in [0, 0.1) is 0 Å². The van der Waals surface area contributed by atoms with Gasteiger partial charge in [0.1, 0.15) is 12.1 Å². The van der Waals surface area contributed by atoms with Gasteiger partial charge in [0.25, 0.3) is 10.1 Å². The Hall–Kier alpha value is -3.01. The summed E-state index contributed by atoms with van der Waals surface area (Å²) < 4.78 is 43.6. The summed E-state index contributed by atoms with van der Waals surface area (Å²) in [6, 6.07) is 9.71. The molecule has 1 aromatic carbocycles. The van der Waals surface area contributed by atoms with Crippen LogP contribution in [-0.2, 0) is 21.4 Å². The molecule has 0 amide bonds. The summed E-state index contributed by atoms with van der Waals surface area (Å²) in [4.78, 5) is 15.4. The molecule has 38 heavy (non-hydrogen) atoms. The molecule has 9 heteroatoms. The molecule has 3 heterocycles. The van der Waals surface area contributed by atoms with Crippen LogP contribution >= 0.6 is 0 Å². The molecule has 1 aliphatic heterocycles. The molecule has 2 aromatic heterocycles. The predicted octanol–water partition coefficient (Wildman–Crippen LogP) is 4.84. The van der Waals surface area contributed by atoms with Gasteiger partial charge >= 0.3 is 5.63 Å². The fourth-order valence-corrected chi connectivity index (χ4v) is 5.75. The van der Waals surface area contributed by atoms with E-state index in [9.17, 15) is 13.2 Å². The standard InChI is InChI=1S/C29H36N2O6S/c1-21-20-29(2,3)31(12-5-7-15-36-4)26-19-27-23(17-24(21)26)18-25(28(32)37-27)22-9-13-30(14-10-22)11-6-8-16-38(33,34)35/h9-10,13-14,17-20H,5-8,11-12,15-16H2,1-4H3/p+1. The maximum atomic E-state index is 13.0. The van der Waals surface area contributed by atoms with Crippen molar-refractivity contribution in [3.8, 4) is 11.1 Å². The number of hydrogen-bond acceptors (Lipinski definition) is 6. The van der Waals surface area contributed by atoms with Gasteiger partial charge in [-0.2, -0.15) is 8.42 Å². The van der Waals surface area contributed by atoms with Crippen molar-refractivity contribution in [2.24, 2.45) is 0 Å². The van der Waals surface area contributed by atoms with E-state index in [0.29, 0.717) is 30.5 Å². The molecule has 0 fully saturated rings. The van der Waals surface area contributed by atoms with Crippen molar-refractivity contribution < 1.29 is 26.7 Å². The lowest BCUT2D eigenvalue weighted by molar-refractivity contribution is -0.697. The topological polar surface area (TPSA) is 101 Å². The summed E-state index contributed by atoms with van der Waals surface area (Å²) in [5, 5.41) is 0.868. The first-order valence-electron chi connectivity index (χ1n) is 13.0. The molecule has 0 aliphatic carbocycles. The molecule has 1 aliphatic rings. The molecule has 204 valence electrons. The molecule has 4 rings (SSSR count). The molecule has 1 N–H and O–H groups in total. The van der Waals surface area contributed by atoms with E-state index in [1.807, 2.05) is 41.2 Å². The molecule has 0 saturated carbocycles. The monoisotopic (exact) mass is 541 g/mol. The Bertz CT molecular complexity index is 1490. The highest BCUT2D eigenvalue weighted by atomic mass is 32.2. The van der Waals surface area contributed by atoms with Crippen molar-refractivity contribution in [1.29, 1.82) is 0 Å². The van der Waals surface area contributed by atoms with Crippen LogP contribution in [0.4, 0.5) is 5.69 Å². The van der Waals surface area contributed by atoms with Gasteiger partial charge < -0.3 is 14.1 Å². The number of aryl methyl sites for hydroxylation is 1. The van der Waals surface area contributed by atoms with Gasteiger partial charge in [-0.25, -0.2) is 9.36 Å². The first-order valence-corrected chi connectivity index (χ1v) is 14.6. The molecule has 0 spiro atoms. The van der Waals surface area contributed by atoms with Crippen molar-refractivity contribution >= 4 is 32.3 Å². The first kappa shape index (κ1) is 28.0. The van der Waals surface area contributed by atoms with Gasteiger partial charge in [-0.05, 0) is 57.7 Å². The summed E-state index contributed by atoms with van der Waals surface area (Å²) in [6.07, 6.45) is 8.98. The minimum absolute atomic E-state index is 0.163. The smallest absolute Gasteiger partial charge is 0.344 e. The summed E-state index contributed by atoms with van der Waals surface area (Å²) in [5.41, 5.74) is 4.66. The highest BCUT2D eigenvalue weighted by Crippen LogP contribution is 2.41. The zero-order valence-corrected chi connectivity index (χ0v) is 23.4. The maximum Gasteiger partial charge on any atom is 0.344 e. The van der Waals surface area contributed by atoms with Crippen LogP contribution in [0.1, 0.15) is 52.0 Å².